The molecule has 1 aromatic heterocycles. The molecule has 0 saturated carbocycles. The molecule has 110 valence electrons. The van der Waals surface area contributed by atoms with E-state index in [9.17, 15) is 9.59 Å². The average molecular weight is 296 g/mol. The van der Waals surface area contributed by atoms with Gasteiger partial charge in [-0.3, -0.25) is 9.59 Å². The molecule has 0 bridgehead atoms. The topological polar surface area (TPSA) is 67.4 Å². The zero-order chi connectivity index (χ0) is 14.4. The zero-order valence-corrected chi connectivity index (χ0v) is 12.4. The average Bonchev–Trinajstić information content (AvgIpc) is 3.08. The summed E-state index contributed by atoms with van der Waals surface area (Å²) in [7, 11) is 0. The van der Waals surface area contributed by atoms with E-state index in [1.165, 1.54) is 6.92 Å². The Balaban J connectivity index is 1.83. The van der Waals surface area contributed by atoms with Crippen LogP contribution in [-0.4, -0.2) is 31.6 Å². The predicted molar refractivity (Wildman–Crippen MR) is 77.4 cm³/mol. The molecule has 0 aromatic carbocycles. The number of carbonyl (C=O) groups is 2. The molecule has 0 radical (unpaired) electrons. The van der Waals surface area contributed by atoms with Gasteiger partial charge in [-0.2, -0.15) is 0 Å². The Morgan fingerprint density at radius 1 is 1.55 bits per heavy atom. The minimum atomic E-state index is -0.243. The van der Waals surface area contributed by atoms with Crippen LogP contribution in [-0.2, 0) is 14.3 Å². The highest BCUT2D eigenvalue weighted by molar-refractivity contribution is 7.10. The van der Waals surface area contributed by atoms with E-state index < -0.39 is 0 Å². The molecule has 1 aliphatic heterocycles. The van der Waals surface area contributed by atoms with Crippen LogP contribution < -0.4 is 10.6 Å². The van der Waals surface area contributed by atoms with E-state index in [4.69, 9.17) is 4.74 Å². The Labute approximate surface area is 122 Å². The van der Waals surface area contributed by atoms with Crippen molar-refractivity contribution < 1.29 is 14.3 Å². The van der Waals surface area contributed by atoms with Gasteiger partial charge in [-0.25, -0.2) is 0 Å². The quantitative estimate of drug-likeness (QED) is 0.835. The maximum Gasteiger partial charge on any atom is 0.222 e. The highest BCUT2D eigenvalue weighted by atomic mass is 32.1. The van der Waals surface area contributed by atoms with Gasteiger partial charge in [0.05, 0.1) is 19.1 Å². The summed E-state index contributed by atoms with van der Waals surface area (Å²) in [6, 6.07) is 3.61. The first-order valence-electron chi connectivity index (χ1n) is 6.80. The first-order chi connectivity index (χ1) is 9.65. The smallest absolute Gasteiger partial charge is 0.222 e. The van der Waals surface area contributed by atoms with Crippen LogP contribution in [0.3, 0.4) is 0 Å². The monoisotopic (exact) mass is 296 g/mol. The maximum absolute atomic E-state index is 12.0. The lowest BCUT2D eigenvalue weighted by Gasteiger charge is -2.17. The molecule has 1 fully saturated rings. The van der Waals surface area contributed by atoms with Crippen LogP contribution in [0.15, 0.2) is 17.5 Å². The number of hydrogen-bond acceptors (Lipinski definition) is 4. The van der Waals surface area contributed by atoms with Gasteiger partial charge in [0.2, 0.25) is 11.8 Å². The summed E-state index contributed by atoms with van der Waals surface area (Å²) >= 11 is 1.54. The molecule has 20 heavy (non-hydrogen) atoms. The normalized spacial score (nSPS) is 19.6. The lowest BCUT2D eigenvalue weighted by atomic mass is 10.1. The molecule has 1 aliphatic rings. The van der Waals surface area contributed by atoms with Crippen molar-refractivity contribution in [3.8, 4) is 0 Å². The molecule has 2 N–H and O–H groups in total. The van der Waals surface area contributed by atoms with E-state index in [1.807, 2.05) is 17.5 Å². The van der Waals surface area contributed by atoms with Gasteiger partial charge in [-0.05, 0) is 17.9 Å². The molecular weight excluding hydrogens is 276 g/mol. The highest BCUT2D eigenvalue weighted by Crippen LogP contribution is 2.22. The Hall–Kier alpha value is -1.40. The van der Waals surface area contributed by atoms with Crippen molar-refractivity contribution in [1.82, 2.24) is 10.6 Å². The predicted octanol–water partition coefficient (Wildman–Crippen LogP) is 1.47. The number of thiophene rings is 1. The Bertz CT molecular complexity index is 441. The summed E-state index contributed by atoms with van der Waals surface area (Å²) in [5.74, 6) is 0.254. The van der Waals surface area contributed by atoms with Crippen molar-refractivity contribution in [1.29, 1.82) is 0 Å². The molecule has 0 spiro atoms. The van der Waals surface area contributed by atoms with Crippen molar-refractivity contribution in [2.45, 2.75) is 25.8 Å². The van der Waals surface area contributed by atoms with Gasteiger partial charge in [0.25, 0.3) is 0 Å². The van der Waals surface area contributed by atoms with Crippen LogP contribution in [0, 0.1) is 5.92 Å². The number of nitrogens with one attached hydrogen (secondary N) is 2. The number of ether oxygens (including phenoxy) is 1. The standard InChI is InChI=1S/C14H20N2O3S/c1-10(17)16-12(13-3-2-6-20-13)7-14(18)15-8-11-4-5-19-9-11/h2-3,6,11-12H,4-5,7-9H2,1H3,(H,15,18)(H,16,17)/t11-,12-/m1/s1. The molecule has 6 heteroatoms. The summed E-state index contributed by atoms with van der Waals surface area (Å²) in [4.78, 5) is 24.2. The second-order valence-corrected chi connectivity index (χ2v) is 5.99. The largest absolute Gasteiger partial charge is 0.381 e. The Kier molecular flexibility index (Phi) is 5.55. The van der Waals surface area contributed by atoms with E-state index in [0.29, 0.717) is 12.5 Å². The molecular formula is C14H20N2O3S. The number of hydrogen-bond donors (Lipinski definition) is 2. The summed E-state index contributed by atoms with van der Waals surface area (Å²) < 4.78 is 5.28. The number of amides is 2. The van der Waals surface area contributed by atoms with E-state index in [1.54, 1.807) is 11.3 Å². The van der Waals surface area contributed by atoms with Crippen molar-refractivity contribution in [2.75, 3.05) is 19.8 Å². The lowest BCUT2D eigenvalue weighted by molar-refractivity contribution is -0.122. The molecule has 1 aromatic rings. The van der Waals surface area contributed by atoms with E-state index in [2.05, 4.69) is 10.6 Å². The van der Waals surface area contributed by atoms with Gasteiger partial charge in [-0.15, -0.1) is 11.3 Å². The molecule has 5 nitrogen and oxygen atoms in total. The maximum atomic E-state index is 12.0. The van der Waals surface area contributed by atoms with Gasteiger partial charge in [0.15, 0.2) is 0 Å². The molecule has 1 saturated heterocycles. The van der Waals surface area contributed by atoms with E-state index in [-0.39, 0.29) is 24.3 Å². The van der Waals surface area contributed by atoms with Crippen LogP contribution in [0.25, 0.3) is 0 Å². The summed E-state index contributed by atoms with van der Waals surface area (Å²) in [6.45, 7) is 3.62. The second-order valence-electron chi connectivity index (χ2n) is 5.01. The molecule has 2 amide bonds. The molecule has 2 rings (SSSR count). The fourth-order valence-corrected chi connectivity index (χ4v) is 3.00. The Morgan fingerprint density at radius 2 is 2.40 bits per heavy atom. The van der Waals surface area contributed by atoms with Crippen molar-refractivity contribution in [2.24, 2.45) is 5.92 Å². The van der Waals surface area contributed by atoms with Gasteiger partial charge in [-0.1, -0.05) is 6.07 Å². The molecule has 0 unspecified atom stereocenters. The van der Waals surface area contributed by atoms with Gasteiger partial charge in [0.1, 0.15) is 0 Å². The van der Waals surface area contributed by atoms with Crippen LogP contribution in [0.2, 0.25) is 0 Å². The molecule has 2 atom stereocenters. The van der Waals surface area contributed by atoms with Crippen molar-refractivity contribution in [3.63, 3.8) is 0 Å². The fourth-order valence-electron chi connectivity index (χ4n) is 2.22. The molecule has 2 heterocycles. The first kappa shape index (κ1) is 15.0. The lowest BCUT2D eigenvalue weighted by Crippen LogP contribution is -2.34. The first-order valence-corrected chi connectivity index (χ1v) is 7.68. The minimum absolute atomic E-state index is 0.0379. The van der Waals surface area contributed by atoms with E-state index in [0.717, 1.165) is 24.5 Å². The Morgan fingerprint density at radius 3 is 3.00 bits per heavy atom. The van der Waals surface area contributed by atoms with E-state index >= 15 is 0 Å². The van der Waals surface area contributed by atoms with Crippen LogP contribution in [0.4, 0.5) is 0 Å². The van der Waals surface area contributed by atoms with Crippen molar-refractivity contribution >= 4 is 23.2 Å². The van der Waals surface area contributed by atoms with Crippen LogP contribution in [0.1, 0.15) is 30.7 Å². The highest BCUT2D eigenvalue weighted by Gasteiger charge is 2.20. The fraction of sp³-hybridized carbons (Fsp3) is 0.571. The third-order valence-corrected chi connectivity index (χ3v) is 4.25. The summed E-state index contributed by atoms with van der Waals surface area (Å²) in [5.41, 5.74) is 0. The second kappa shape index (κ2) is 7.40. The summed E-state index contributed by atoms with van der Waals surface area (Å²) in [6.07, 6.45) is 1.27. The van der Waals surface area contributed by atoms with Gasteiger partial charge < -0.3 is 15.4 Å². The zero-order valence-electron chi connectivity index (χ0n) is 11.6. The third-order valence-electron chi connectivity index (χ3n) is 3.27. The number of rotatable bonds is 6. The molecule has 0 aliphatic carbocycles. The van der Waals surface area contributed by atoms with Gasteiger partial charge in [0, 0.05) is 30.9 Å². The third kappa shape index (κ3) is 4.61. The minimum Gasteiger partial charge on any atom is -0.381 e. The number of carbonyl (C=O) groups excluding carboxylic acids is 2. The van der Waals surface area contributed by atoms with Crippen LogP contribution >= 0.6 is 11.3 Å². The van der Waals surface area contributed by atoms with Gasteiger partial charge >= 0.3 is 0 Å². The summed E-state index contributed by atoms with van der Waals surface area (Å²) in [5, 5.41) is 7.69. The SMILES string of the molecule is CC(=O)N[C@H](CC(=O)NC[C@H]1CCOC1)c1cccs1. The van der Waals surface area contributed by atoms with Crippen LogP contribution in [0.5, 0.6) is 0 Å². The van der Waals surface area contributed by atoms with Crippen molar-refractivity contribution in [3.05, 3.63) is 22.4 Å².